The normalized spacial score (nSPS) is 10.2. The summed E-state index contributed by atoms with van der Waals surface area (Å²) in [6.45, 7) is 2.87. The summed E-state index contributed by atoms with van der Waals surface area (Å²) < 4.78 is 31.9. The van der Waals surface area contributed by atoms with E-state index in [2.05, 4.69) is 4.74 Å². The smallest absolute Gasteiger partial charge is 0.325 e. The van der Waals surface area contributed by atoms with Crippen molar-refractivity contribution in [3.05, 3.63) is 34.9 Å². The van der Waals surface area contributed by atoms with E-state index < -0.39 is 29.1 Å². The predicted molar refractivity (Wildman–Crippen MR) is 64.7 cm³/mol. The van der Waals surface area contributed by atoms with Crippen molar-refractivity contribution in [3.8, 4) is 0 Å². The molecule has 0 N–H and O–H groups in total. The Kier molecular flexibility index (Phi) is 4.97. The Morgan fingerprint density at radius 2 is 1.95 bits per heavy atom. The molecule has 0 bridgehead atoms. The zero-order valence-electron chi connectivity index (χ0n) is 11.0. The van der Waals surface area contributed by atoms with Gasteiger partial charge in [-0.25, -0.2) is 8.78 Å². The van der Waals surface area contributed by atoms with Gasteiger partial charge >= 0.3 is 5.97 Å². The van der Waals surface area contributed by atoms with Gasteiger partial charge in [-0.3, -0.25) is 9.59 Å². The highest BCUT2D eigenvalue weighted by atomic mass is 19.1. The summed E-state index contributed by atoms with van der Waals surface area (Å²) in [5.41, 5.74) is -0.499. The van der Waals surface area contributed by atoms with Crippen molar-refractivity contribution < 1.29 is 23.1 Å². The Bertz CT molecular complexity index is 503. The molecule has 0 aliphatic rings. The fourth-order valence-electron chi connectivity index (χ4n) is 1.52. The van der Waals surface area contributed by atoms with E-state index in [4.69, 9.17) is 0 Å². The molecule has 0 aliphatic carbocycles. The van der Waals surface area contributed by atoms with Crippen LogP contribution in [0, 0.1) is 18.6 Å². The van der Waals surface area contributed by atoms with Crippen LogP contribution in [-0.2, 0) is 9.53 Å². The molecule has 0 fully saturated rings. The number of nitrogens with zero attached hydrogens (tertiary/aromatic N) is 1. The first-order valence-electron chi connectivity index (χ1n) is 5.74. The van der Waals surface area contributed by atoms with Crippen LogP contribution in [0.5, 0.6) is 0 Å². The third-order valence-electron chi connectivity index (χ3n) is 2.52. The molecule has 1 aromatic carbocycles. The maximum absolute atomic E-state index is 13.8. The van der Waals surface area contributed by atoms with Gasteiger partial charge in [-0.2, -0.15) is 0 Å². The molecule has 1 aromatic rings. The summed E-state index contributed by atoms with van der Waals surface area (Å²) in [6.07, 6.45) is 0. The van der Waals surface area contributed by atoms with E-state index in [1.807, 2.05) is 0 Å². The van der Waals surface area contributed by atoms with Crippen LogP contribution in [0.15, 0.2) is 12.1 Å². The van der Waals surface area contributed by atoms with E-state index in [-0.39, 0.29) is 18.7 Å². The number of hydrogen-bond donors (Lipinski definition) is 0. The molecule has 0 heterocycles. The minimum absolute atomic E-state index is 0.161. The molecule has 19 heavy (non-hydrogen) atoms. The number of benzene rings is 1. The molecule has 0 unspecified atom stereocenters. The van der Waals surface area contributed by atoms with E-state index in [1.54, 1.807) is 6.92 Å². The minimum Gasteiger partial charge on any atom is -0.465 e. The Labute approximate surface area is 110 Å². The molecule has 0 spiro atoms. The molecular formula is C13H15F2NO3. The maximum atomic E-state index is 13.8. The van der Waals surface area contributed by atoms with Gasteiger partial charge in [0.1, 0.15) is 23.7 Å². The van der Waals surface area contributed by atoms with Gasteiger partial charge in [-0.15, -0.1) is 0 Å². The zero-order chi connectivity index (χ0) is 14.6. The largest absolute Gasteiger partial charge is 0.465 e. The third-order valence-corrected chi connectivity index (χ3v) is 2.52. The number of halogens is 2. The van der Waals surface area contributed by atoms with E-state index in [9.17, 15) is 18.4 Å². The number of aryl methyl sites for hydroxylation is 1. The van der Waals surface area contributed by atoms with E-state index in [0.29, 0.717) is 0 Å². The monoisotopic (exact) mass is 271 g/mol. The second kappa shape index (κ2) is 6.26. The number of likely N-dealkylation sites (N-methyl/N-ethyl adjacent to an activating group) is 1. The van der Waals surface area contributed by atoms with E-state index in [0.717, 1.165) is 11.0 Å². The van der Waals surface area contributed by atoms with Crippen molar-refractivity contribution in [1.82, 2.24) is 4.90 Å². The number of carbonyl (C=O) groups is 2. The molecule has 1 rings (SSSR count). The van der Waals surface area contributed by atoms with Crippen molar-refractivity contribution in [1.29, 1.82) is 0 Å². The third kappa shape index (κ3) is 3.49. The van der Waals surface area contributed by atoms with Crippen LogP contribution in [0.25, 0.3) is 0 Å². The lowest BCUT2D eigenvalue weighted by molar-refractivity contribution is -0.143. The van der Waals surface area contributed by atoms with Crippen molar-refractivity contribution in [2.24, 2.45) is 0 Å². The Hall–Kier alpha value is -1.98. The lowest BCUT2D eigenvalue weighted by Gasteiger charge is -2.17. The topological polar surface area (TPSA) is 46.6 Å². The number of ether oxygens (including phenoxy) is 1. The first-order chi connectivity index (χ1) is 8.88. The van der Waals surface area contributed by atoms with Crippen LogP contribution in [0.3, 0.4) is 0 Å². The summed E-state index contributed by atoms with van der Waals surface area (Å²) in [6, 6.07) is 2.26. The minimum atomic E-state index is -0.955. The molecule has 0 radical (unpaired) electrons. The van der Waals surface area contributed by atoms with E-state index in [1.165, 1.54) is 20.0 Å². The van der Waals surface area contributed by atoms with Gasteiger partial charge in [0.15, 0.2) is 0 Å². The van der Waals surface area contributed by atoms with Gasteiger partial charge in [0.25, 0.3) is 5.91 Å². The Balaban J connectivity index is 2.94. The van der Waals surface area contributed by atoms with Crippen molar-refractivity contribution in [3.63, 3.8) is 0 Å². The first-order valence-corrected chi connectivity index (χ1v) is 5.74. The van der Waals surface area contributed by atoms with Gasteiger partial charge in [0, 0.05) is 7.05 Å². The van der Waals surface area contributed by atoms with Crippen LogP contribution in [-0.4, -0.2) is 37.0 Å². The molecule has 0 atom stereocenters. The van der Waals surface area contributed by atoms with E-state index >= 15 is 0 Å². The molecule has 0 saturated heterocycles. The molecule has 6 heteroatoms. The first kappa shape index (κ1) is 15.1. The Morgan fingerprint density at radius 1 is 1.32 bits per heavy atom. The summed E-state index contributed by atoms with van der Waals surface area (Å²) >= 11 is 0. The van der Waals surface area contributed by atoms with Crippen LogP contribution < -0.4 is 0 Å². The van der Waals surface area contributed by atoms with Crippen LogP contribution in [0.2, 0.25) is 0 Å². The summed E-state index contributed by atoms with van der Waals surface area (Å²) in [5, 5.41) is 0. The molecule has 104 valence electrons. The SMILES string of the molecule is CCOC(=O)CN(C)C(=O)c1c(F)ccc(C)c1F. The Morgan fingerprint density at radius 3 is 2.53 bits per heavy atom. The van der Waals surface area contributed by atoms with Gasteiger partial charge < -0.3 is 9.64 Å². The molecule has 4 nitrogen and oxygen atoms in total. The summed E-state index contributed by atoms with van der Waals surface area (Å²) in [4.78, 5) is 24.1. The molecule has 0 aliphatic heterocycles. The standard InChI is InChI=1S/C13H15F2NO3/c1-4-19-10(17)7-16(3)13(18)11-9(14)6-5-8(2)12(11)15/h5-6H,4,7H2,1-3H3. The number of amides is 1. The number of esters is 1. The molecular weight excluding hydrogens is 256 g/mol. The highest BCUT2D eigenvalue weighted by molar-refractivity contribution is 5.96. The highest BCUT2D eigenvalue weighted by Gasteiger charge is 2.23. The van der Waals surface area contributed by atoms with Crippen molar-refractivity contribution in [2.45, 2.75) is 13.8 Å². The quantitative estimate of drug-likeness (QED) is 0.786. The molecule has 1 amide bonds. The zero-order valence-corrected chi connectivity index (χ0v) is 11.0. The van der Waals surface area contributed by atoms with Crippen LogP contribution >= 0.6 is 0 Å². The second-order valence-corrected chi connectivity index (χ2v) is 4.02. The number of rotatable bonds is 4. The van der Waals surface area contributed by atoms with Crippen molar-refractivity contribution >= 4 is 11.9 Å². The van der Waals surface area contributed by atoms with Gasteiger partial charge in [0.05, 0.1) is 6.61 Å². The van der Waals surface area contributed by atoms with Crippen LogP contribution in [0.4, 0.5) is 8.78 Å². The van der Waals surface area contributed by atoms with Crippen molar-refractivity contribution in [2.75, 3.05) is 20.2 Å². The highest BCUT2D eigenvalue weighted by Crippen LogP contribution is 2.17. The summed E-state index contributed by atoms with van der Waals surface area (Å²) in [5.74, 6) is -3.40. The lowest BCUT2D eigenvalue weighted by atomic mass is 10.1. The number of carbonyl (C=O) groups excluding carboxylic acids is 2. The average molecular weight is 271 g/mol. The number of hydrogen-bond acceptors (Lipinski definition) is 3. The fourth-order valence-corrected chi connectivity index (χ4v) is 1.52. The molecule has 0 aromatic heterocycles. The molecule has 0 saturated carbocycles. The van der Waals surface area contributed by atoms with Gasteiger partial charge in [-0.05, 0) is 25.5 Å². The fraction of sp³-hybridized carbons (Fsp3) is 0.385. The average Bonchev–Trinajstić information content (AvgIpc) is 2.34. The predicted octanol–water partition coefficient (Wildman–Crippen LogP) is 1.91. The van der Waals surface area contributed by atoms with Crippen LogP contribution in [0.1, 0.15) is 22.8 Å². The lowest BCUT2D eigenvalue weighted by Crippen LogP contribution is -2.34. The summed E-state index contributed by atoms with van der Waals surface area (Å²) in [7, 11) is 1.28. The van der Waals surface area contributed by atoms with Gasteiger partial charge in [0.2, 0.25) is 0 Å². The van der Waals surface area contributed by atoms with Gasteiger partial charge in [-0.1, -0.05) is 6.07 Å². The second-order valence-electron chi connectivity index (χ2n) is 4.02. The maximum Gasteiger partial charge on any atom is 0.325 e.